The summed E-state index contributed by atoms with van der Waals surface area (Å²) in [6.45, 7) is 1.55. The summed E-state index contributed by atoms with van der Waals surface area (Å²) in [4.78, 5) is 36.0. The Kier molecular flexibility index (Phi) is 4.79. The third-order valence-corrected chi connectivity index (χ3v) is 4.32. The molecule has 0 bridgehead atoms. The molecule has 0 spiro atoms. The lowest BCUT2D eigenvalue weighted by Crippen LogP contribution is -2.37. The fourth-order valence-corrected chi connectivity index (χ4v) is 2.64. The molecule has 0 radical (unpaired) electrons. The average molecular weight is 351 g/mol. The first kappa shape index (κ1) is 16.4. The molecule has 8 nitrogen and oxygen atoms in total. The van der Waals surface area contributed by atoms with Crippen molar-refractivity contribution in [2.24, 2.45) is 0 Å². The molecule has 2 aromatic rings. The maximum Gasteiger partial charge on any atom is 0.437 e. The maximum absolute atomic E-state index is 11.8. The summed E-state index contributed by atoms with van der Waals surface area (Å²) in [7, 11) is 0. The van der Waals surface area contributed by atoms with Crippen LogP contribution in [0.5, 0.6) is 0 Å². The minimum atomic E-state index is -0.853. The highest BCUT2D eigenvalue weighted by Gasteiger charge is 2.27. The molecule has 1 aliphatic carbocycles. The van der Waals surface area contributed by atoms with Gasteiger partial charge in [0.25, 0.3) is 11.8 Å². The van der Waals surface area contributed by atoms with E-state index in [4.69, 9.17) is 9.15 Å². The van der Waals surface area contributed by atoms with Crippen molar-refractivity contribution in [2.45, 2.75) is 44.9 Å². The molecule has 2 aromatic heterocycles. The van der Waals surface area contributed by atoms with E-state index < -0.39 is 17.8 Å². The van der Waals surface area contributed by atoms with Gasteiger partial charge in [-0.2, -0.15) is 4.68 Å². The molecule has 0 unspecified atom stereocenters. The van der Waals surface area contributed by atoms with Gasteiger partial charge >= 0.3 is 11.7 Å². The van der Waals surface area contributed by atoms with Crippen molar-refractivity contribution in [1.82, 2.24) is 15.1 Å². The fourth-order valence-electron chi connectivity index (χ4n) is 2.00. The number of carbonyl (C=O) groups excluding carboxylic acids is 2. The molecule has 0 aromatic carbocycles. The molecule has 0 saturated heterocycles. The van der Waals surface area contributed by atoms with Gasteiger partial charge in [0.15, 0.2) is 6.10 Å². The predicted octanol–water partition coefficient (Wildman–Crippen LogP) is 1.17. The Bertz CT molecular complexity index is 775. The Morgan fingerprint density at radius 1 is 1.54 bits per heavy atom. The van der Waals surface area contributed by atoms with Gasteiger partial charge in [-0.05, 0) is 31.2 Å². The Balaban J connectivity index is 1.50. The van der Waals surface area contributed by atoms with E-state index in [1.165, 1.54) is 18.3 Å². The number of nitrogens with one attached hydrogen (secondary N) is 1. The molecule has 0 aliphatic heterocycles. The van der Waals surface area contributed by atoms with Crippen LogP contribution in [0.1, 0.15) is 26.2 Å². The monoisotopic (exact) mass is 351 g/mol. The number of amides is 1. The van der Waals surface area contributed by atoms with Gasteiger partial charge in [0.2, 0.25) is 0 Å². The van der Waals surface area contributed by atoms with Gasteiger partial charge < -0.3 is 14.5 Å². The minimum Gasteiger partial charge on any atom is -0.452 e. The van der Waals surface area contributed by atoms with Gasteiger partial charge in [-0.15, -0.1) is 16.4 Å². The first-order valence-corrected chi connectivity index (χ1v) is 8.52. The third kappa shape index (κ3) is 4.10. The quantitative estimate of drug-likeness (QED) is 0.751. The van der Waals surface area contributed by atoms with Crippen LogP contribution in [0.2, 0.25) is 0 Å². The number of nitrogens with zero attached hydrogens (tertiary/aromatic N) is 2. The van der Waals surface area contributed by atoms with Crippen LogP contribution in [0, 0.1) is 0 Å². The maximum atomic E-state index is 11.8. The van der Waals surface area contributed by atoms with Crippen LogP contribution >= 0.6 is 11.3 Å². The van der Waals surface area contributed by atoms with Crippen molar-refractivity contribution in [3.63, 3.8) is 0 Å². The normalized spacial score (nSPS) is 15.0. The highest BCUT2D eigenvalue weighted by Crippen LogP contribution is 2.21. The lowest BCUT2D eigenvalue weighted by atomic mass is 10.3. The molecule has 24 heavy (non-hydrogen) atoms. The molecule has 3 rings (SSSR count). The number of hydrogen-bond acceptors (Lipinski definition) is 7. The minimum absolute atomic E-state index is 0.0313. The van der Waals surface area contributed by atoms with Gasteiger partial charge in [0.1, 0.15) is 0 Å². The summed E-state index contributed by atoms with van der Waals surface area (Å²) >= 11 is 1.40. The Morgan fingerprint density at radius 2 is 2.33 bits per heavy atom. The molecule has 1 saturated carbocycles. The zero-order valence-electron chi connectivity index (χ0n) is 13.1. The number of aromatic nitrogens is 2. The highest BCUT2D eigenvalue weighted by atomic mass is 32.1. The number of thiophene rings is 1. The molecular weight excluding hydrogens is 334 g/mol. The molecule has 2 heterocycles. The van der Waals surface area contributed by atoms with Crippen molar-refractivity contribution < 1.29 is 18.7 Å². The molecule has 1 N–H and O–H groups in total. The summed E-state index contributed by atoms with van der Waals surface area (Å²) in [5, 5.41) is 8.66. The van der Waals surface area contributed by atoms with Crippen LogP contribution in [0.25, 0.3) is 10.8 Å². The van der Waals surface area contributed by atoms with Gasteiger partial charge in [-0.1, -0.05) is 6.07 Å². The molecule has 1 amide bonds. The van der Waals surface area contributed by atoms with Gasteiger partial charge in [-0.25, -0.2) is 4.79 Å². The lowest BCUT2D eigenvalue weighted by molar-refractivity contribution is -0.155. The van der Waals surface area contributed by atoms with Crippen molar-refractivity contribution in [3.8, 4) is 10.8 Å². The van der Waals surface area contributed by atoms with Crippen molar-refractivity contribution >= 4 is 23.2 Å². The fraction of sp³-hybridized carbons (Fsp3) is 0.467. The Hall–Kier alpha value is -2.42. The standard InChI is InChI=1S/C15H17N3O5S/c1-9(13(20)16-10-4-5-10)22-12(19)6-7-18-15(21)23-14(17-18)11-3-2-8-24-11/h2-3,8-10H,4-7H2,1H3,(H,16,20)/t9-/m1/s1. The van der Waals surface area contributed by atoms with Crippen LogP contribution in [0.15, 0.2) is 26.7 Å². The van der Waals surface area contributed by atoms with E-state index in [1.54, 1.807) is 6.07 Å². The van der Waals surface area contributed by atoms with Gasteiger partial charge in [-0.3, -0.25) is 9.59 Å². The summed E-state index contributed by atoms with van der Waals surface area (Å²) in [6.07, 6.45) is 1.01. The van der Waals surface area contributed by atoms with Crippen LogP contribution < -0.4 is 11.1 Å². The summed E-state index contributed by atoms with van der Waals surface area (Å²) < 4.78 is 11.2. The van der Waals surface area contributed by atoms with Crippen LogP contribution in [-0.2, 0) is 20.9 Å². The van der Waals surface area contributed by atoms with E-state index in [9.17, 15) is 14.4 Å². The molecule has 9 heteroatoms. The van der Waals surface area contributed by atoms with Gasteiger partial charge in [0, 0.05) is 6.04 Å². The zero-order valence-corrected chi connectivity index (χ0v) is 13.9. The third-order valence-electron chi connectivity index (χ3n) is 3.47. The van der Waals surface area contributed by atoms with Crippen molar-refractivity contribution in [1.29, 1.82) is 0 Å². The first-order valence-electron chi connectivity index (χ1n) is 7.64. The summed E-state index contributed by atoms with van der Waals surface area (Å²) in [5.74, 6) is -1.28. The first-order chi connectivity index (χ1) is 11.5. The van der Waals surface area contributed by atoms with Crippen LogP contribution in [0.4, 0.5) is 0 Å². The molecule has 1 atom stereocenters. The molecule has 128 valence electrons. The second-order valence-electron chi connectivity index (χ2n) is 5.54. The zero-order chi connectivity index (χ0) is 17.1. The van der Waals surface area contributed by atoms with E-state index >= 15 is 0 Å². The average Bonchev–Trinajstić information content (AvgIpc) is 3.05. The van der Waals surface area contributed by atoms with Gasteiger partial charge in [0.05, 0.1) is 17.8 Å². The number of esters is 1. The smallest absolute Gasteiger partial charge is 0.437 e. The Labute approximate surface area is 141 Å². The molecule has 1 fully saturated rings. The van der Waals surface area contributed by atoms with Crippen LogP contribution in [-0.4, -0.2) is 33.8 Å². The number of carbonyl (C=O) groups is 2. The SMILES string of the molecule is C[C@@H](OC(=O)CCn1nc(-c2cccs2)oc1=O)C(=O)NC1CC1. The van der Waals surface area contributed by atoms with Crippen molar-refractivity contribution in [3.05, 3.63) is 28.1 Å². The van der Waals surface area contributed by atoms with E-state index in [2.05, 4.69) is 10.4 Å². The summed E-state index contributed by atoms with van der Waals surface area (Å²) in [6, 6.07) is 3.82. The number of ether oxygens (including phenoxy) is 1. The topological polar surface area (TPSA) is 103 Å². The van der Waals surface area contributed by atoms with E-state index in [0.29, 0.717) is 0 Å². The predicted molar refractivity (Wildman–Crippen MR) is 85.4 cm³/mol. The van der Waals surface area contributed by atoms with E-state index in [-0.39, 0.29) is 30.8 Å². The number of hydrogen-bond donors (Lipinski definition) is 1. The van der Waals surface area contributed by atoms with Crippen LogP contribution in [0.3, 0.4) is 0 Å². The molecular formula is C15H17N3O5S. The second kappa shape index (κ2) is 7.00. The molecule has 1 aliphatic rings. The van der Waals surface area contributed by atoms with E-state index in [0.717, 1.165) is 22.4 Å². The number of aryl methyl sites for hydroxylation is 1. The number of rotatable bonds is 7. The van der Waals surface area contributed by atoms with Crippen molar-refractivity contribution in [2.75, 3.05) is 0 Å². The largest absolute Gasteiger partial charge is 0.452 e. The highest BCUT2D eigenvalue weighted by molar-refractivity contribution is 7.13. The Morgan fingerprint density at radius 3 is 3.00 bits per heavy atom. The summed E-state index contributed by atoms with van der Waals surface area (Å²) in [5.41, 5.74) is 0. The van der Waals surface area contributed by atoms with E-state index in [1.807, 2.05) is 11.4 Å². The second-order valence-corrected chi connectivity index (χ2v) is 6.49. The lowest BCUT2D eigenvalue weighted by Gasteiger charge is -2.12.